The molecule has 0 unspecified atom stereocenters. The summed E-state index contributed by atoms with van der Waals surface area (Å²) >= 11 is 0. The van der Waals surface area contributed by atoms with E-state index in [9.17, 15) is 0 Å². The SMILES string of the molecule is c1ccc(-c2ccccc2-c2c(-c3ccccc3)cccc2N(c2ccccc2)c2ccc(-c3ccccc3-n3c4ccccc4c4ccccc43)cc2)cc1. The number of fused-ring (bicyclic) bond motifs is 3. The molecular formula is C54H38N2. The fourth-order valence-electron chi connectivity index (χ4n) is 8.33. The van der Waals surface area contributed by atoms with Crippen molar-refractivity contribution in [3.05, 3.63) is 231 Å². The molecule has 9 aromatic carbocycles. The normalized spacial score (nSPS) is 11.2. The van der Waals surface area contributed by atoms with Crippen LogP contribution in [0.4, 0.5) is 17.1 Å². The highest BCUT2D eigenvalue weighted by Crippen LogP contribution is 2.48. The number of rotatable bonds is 8. The van der Waals surface area contributed by atoms with Gasteiger partial charge in [-0.1, -0.05) is 182 Å². The lowest BCUT2D eigenvalue weighted by Crippen LogP contribution is -2.12. The lowest BCUT2D eigenvalue weighted by atomic mass is 9.87. The highest BCUT2D eigenvalue weighted by Gasteiger charge is 2.23. The van der Waals surface area contributed by atoms with Crippen molar-refractivity contribution in [2.75, 3.05) is 4.90 Å². The van der Waals surface area contributed by atoms with Crippen LogP contribution in [0.15, 0.2) is 231 Å². The molecule has 1 heterocycles. The average molecular weight is 715 g/mol. The van der Waals surface area contributed by atoms with Gasteiger partial charge in [-0.15, -0.1) is 0 Å². The first-order valence-corrected chi connectivity index (χ1v) is 19.2. The van der Waals surface area contributed by atoms with Crippen molar-refractivity contribution in [2.24, 2.45) is 0 Å². The third-order valence-corrected chi connectivity index (χ3v) is 10.8. The van der Waals surface area contributed by atoms with Crippen molar-refractivity contribution in [1.82, 2.24) is 4.57 Å². The molecule has 0 fully saturated rings. The van der Waals surface area contributed by atoms with E-state index in [2.05, 4.69) is 240 Å². The molecule has 56 heavy (non-hydrogen) atoms. The van der Waals surface area contributed by atoms with Crippen LogP contribution in [0.3, 0.4) is 0 Å². The molecule has 10 rings (SSSR count). The van der Waals surface area contributed by atoms with Crippen LogP contribution >= 0.6 is 0 Å². The van der Waals surface area contributed by atoms with Crippen LogP contribution in [0.2, 0.25) is 0 Å². The molecule has 0 aliphatic carbocycles. The minimum absolute atomic E-state index is 1.08. The van der Waals surface area contributed by atoms with Crippen LogP contribution in [0.5, 0.6) is 0 Å². The Balaban J connectivity index is 1.16. The van der Waals surface area contributed by atoms with Crippen molar-refractivity contribution >= 4 is 38.9 Å². The van der Waals surface area contributed by atoms with E-state index in [1.807, 2.05) is 0 Å². The summed E-state index contributed by atoms with van der Waals surface area (Å²) in [5.41, 5.74) is 16.3. The smallest absolute Gasteiger partial charge is 0.0546 e. The highest BCUT2D eigenvalue weighted by atomic mass is 15.1. The maximum atomic E-state index is 2.41. The molecule has 1 aromatic heterocycles. The molecule has 2 nitrogen and oxygen atoms in total. The van der Waals surface area contributed by atoms with Gasteiger partial charge in [0.2, 0.25) is 0 Å². The highest BCUT2D eigenvalue weighted by molar-refractivity contribution is 6.10. The van der Waals surface area contributed by atoms with E-state index in [1.54, 1.807) is 0 Å². The first kappa shape index (κ1) is 33.2. The van der Waals surface area contributed by atoms with E-state index in [0.717, 1.165) is 28.3 Å². The number of hydrogen-bond acceptors (Lipinski definition) is 1. The van der Waals surface area contributed by atoms with Gasteiger partial charge in [-0.25, -0.2) is 0 Å². The van der Waals surface area contributed by atoms with E-state index < -0.39 is 0 Å². The quantitative estimate of drug-likeness (QED) is 0.152. The van der Waals surface area contributed by atoms with Crippen molar-refractivity contribution in [3.63, 3.8) is 0 Å². The molecule has 0 N–H and O–H groups in total. The number of aromatic nitrogens is 1. The second kappa shape index (κ2) is 14.4. The summed E-state index contributed by atoms with van der Waals surface area (Å²) in [5.74, 6) is 0. The minimum atomic E-state index is 1.08. The zero-order chi connectivity index (χ0) is 37.3. The van der Waals surface area contributed by atoms with Gasteiger partial charge in [0.05, 0.1) is 22.4 Å². The first-order valence-electron chi connectivity index (χ1n) is 19.2. The molecule has 0 aliphatic heterocycles. The largest absolute Gasteiger partial charge is 0.310 e. The van der Waals surface area contributed by atoms with Crippen LogP contribution in [-0.2, 0) is 0 Å². The molecule has 0 atom stereocenters. The summed E-state index contributed by atoms with van der Waals surface area (Å²) in [4.78, 5) is 2.41. The molecule has 0 bridgehead atoms. The monoisotopic (exact) mass is 714 g/mol. The second-order valence-corrected chi connectivity index (χ2v) is 14.1. The Bertz CT molecular complexity index is 2890. The van der Waals surface area contributed by atoms with Crippen molar-refractivity contribution in [3.8, 4) is 50.2 Å². The summed E-state index contributed by atoms with van der Waals surface area (Å²) < 4.78 is 2.41. The van der Waals surface area contributed by atoms with Crippen LogP contribution in [0.1, 0.15) is 0 Å². The topological polar surface area (TPSA) is 8.17 Å². The first-order chi connectivity index (χ1) is 27.8. The van der Waals surface area contributed by atoms with Crippen molar-refractivity contribution in [1.29, 1.82) is 0 Å². The van der Waals surface area contributed by atoms with Gasteiger partial charge in [-0.2, -0.15) is 0 Å². The molecule has 264 valence electrons. The van der Waals surface area contributed by atoms with Gasteiger partial charge in [0, 0.05) is 33.3 Å². The molecule has 0 aliphatic rings. The number of benzene rings is 9. The van der Waals surface area contributed by atoms with Gasteiger partial charge in [0.1, 0.15) is 0 Å². The summed E-state index contributed by atoms with van der Waals surface area (Å²) in [7, 11) is 0. The van der Waals surface area contributed by atoms with Gasteiger partial charge < -0.3 is 9.47 Å². The molecule has 0 amide bonds. The van der Waals surface area contributed by atoms with Gasteiger partial charge >= 0.3 is 0 Å². The van der Waals surface area contributed by atoms with E-state index in [0.29, 0.717) is 0 Å². The van der Waals surface area contributed by atoms with Crippen molar-refractivity contribution < 1.29 is 0 Å². The lowest BCUT2D eigenvalue weighted by Gasteiger charge is -2.30. The van der Waals surface area contributed by atoms with E-state index >= 15 is 0 Å². The Morgan fingerprint density at radius 1 is 0.286 bits per heavy atom. The summed E-state index contributed by atoms with van der Waals surface area (Å²) in [5, 5.41) is 2.52. The predicted octanol–water partition coefficient (Wildman–Crippen LogP) is 14.9. The zero-order valence-corrected chi connectivity index (χ0v) is 30.8. The van der Waals surface area contributed by atoms with Gasteiger partial charge in [0.25, 0.3) is 0 Å². The molecule has 0 saturated heterocycles. The molecule has 2 heteroatoms. The lowest BCUT2D eigenvalue weighted by molar-refractivity contribution is 1.18. The van der Waals surface area contributed by atoms with Gasteiger partial charge in [0.15, 0.2) is 0 Å². The minimum Gasteiger partial charge on any atom is -0.310 e. The fraction of sp³-hybridized carbons (Fsp3) is 0. The van der Waals surface area contributed by atoms with Crippen LogP contribution in [-0.4, -0.2) is 4.57 Å². The van der Waals surface area contributed by atoms with Crippen molar-refractivity contribution in [2.45, 2.75) is 0 Å². The van der Waals surface area contributed by atoms with Gasteiger partial charge in [-0.05, 0) is 81.9 Å². The van der Waals surface area contributed by atoms with Crippen LogP contribution in [0.25, 0.3) is 72.0 Å². The number of hydrogen-bond donors (Lipinski definition) is 0. The fourth-order valence-corrected chi connectivity index (χ4v) is 8.33. The zero-order valence-electron chi connectivity index (χ0n) is 30.8. The molecule has 0 radical (unpaired) electrons. The van der Waals surface area contributed by atoms with E-state index in [-0.39, 0.29) is 0 Å². The molecule has 0 saturated carbocycles. The Morgan fingerprint density at radius 2 is 0.732 bits per heavy atom. The number of anilines is 3. The van der Waals surface area contributed by atoms with Crippen LogP contribution < -0.4 is 4.90 Å². The Hall–Kier alpha value is -7.42. The Kier molecular flexibility index (Phi) is 8.55. The predicted molar refractivity (Wildman–Crippen MR) is 237 cm³/mol. The third-order valence-electron chi connectivity index (χ3n) is 10.8. The maximum absolute atomic E-state index is 2.41. The maximum Gasteiger partial charge on any atom is 0.0546 e. The average Bonchev–Trinajstić information content (AvgIpc) is 3.62. The standard InChI is InChI=1S/C54H38N2/c1-4-19-39(20-5-1)44-25-10-11-29-49(44)54-46(40-21-6-2-7-22-40)30-18-34-53(54)55(42-23-8-3-9-24-42)43-37-35-41(36-38-43)45-26-12-15-31-50(45)56-51-32-16-13-27-47(51)48-28-14-17-33-52(48)56/h1-38H. The van der Waals surface area contributed by atoms with Crippen LogP contribution in [0, 0.1) is 0 Å². The van der Waals surface area contributed by atoms with Gasteiger partial charge in [-0.3, -0.25) is 0 Å². The Labute approximate surface area is 327 Å². The molecule has 0 spiro atoms. The summed E-state index contributed by atoms with van der Waals surface area (Å²) in [6.07, 6.45) is 0. The third kappa shape index (κ3) is 5.85. The number of nitrogens with zero attached hydrogens (tertiary/aromatic N) is 2. The molecular weight excluding hydrogens is 677 g/mol. The summed E-state index contributed by atoms with van der Waals surface area (Å²) in [6.45, 7) is 0. The number of para-hydroxylation sites is 4. The van der Waals surface area contributed by atoms with E-state index in [4.69, 9.17) is 0 Å². The van der Waals surface area contributed by atoms with E-state index in [1.165, 1.54) is 60.8 Å². The Morgan fingerprint density at radius 3 is 1.38 bits per heavy atom. The molecule has 10 aromatic rings. The second-order valence-electron chi connectivity index (χ2n) is 14.1. The summed E-state index contributed by atoms with van der Waals surface area (Å²) in [6, 6.07) is 83.0.